The van der Waals surface area contributed by atoms with Crippen LogP contribution in [-0.2, 0) is 27.3 Å². The second-order valence-corrected chi connectivity index (χ2v) is 8.55. The van der Waals surface area contributed by atoms with Crippen molar-refractivity contribution in [3.63, 3.8) is 0 Å². The van der Waals surface area contributed by atoms with Gasteiger partial charge in [-0.2, -0.15) is 0 Å². The van der Waals surface area contributed by atoms with Gasteiger partial charge in [0.1, 0.15) is 0 Å². The molecule has 0 radical (unpaired) electrons. The summed E-state index contributed by atoms with van der Waals surface area (Å²) in [5.41, 5.74) is 0.761. The normalized spacial score (nSPS) is 17.3. The molecule has 29 heavy (non-hydrogen) atoms. The van der Waals surface area contributed by atoms with Gasteiger partial charge >= 0.3 is 6.03 Å². The van der Waals surface area contributed by atoms with E-state index in [0.717, 1.165) is 20.2 Å². The maximum Gasteiger partial charge on any atom is 0.333 e. The third-order valence-corrected chi connectivity index (χ3v) is 5.73. The molecule has 6 nitrogen and oxygen atoms in total. The van der Waals surface area contributed by atoms with Gasteiger partial charge < -0.3 is 0 Å². The number of amides is 4. The van der Waals surface area contributed by atoms with Gasteiger partial charge in [-0.25, -0.2) is 4.79 Å². The largest absolute Gasteiger partial charge is 0.333 e. The van der Waals surface area contributed by atoms with Crippen LogP contribution in [0.3, 0.4) is 0 Å². The maximum absolute atomic E-state index is 13.0. The highest BCUT2D eigenvalue weighted by molar-refractivity contribution is 7.10. The number of barbiturate groups is 1. The van der Waals surface area contributed by atoms with E-state index in [2.05, 4.69) is 0 Å². The van der Waals surface area contributed by atoms with E-state index in [1.54, 1.807) is 18.2 Å². The smallest absolute Gasteiger partial charge is 0.298 e. The van der Waals surface area contributed by atoms with Crippen LogP contribution in [0.15, 0.2) is 47.8 Å². The lowest BCUT2D eigenvalue weighted by Crippen LogP contribution is -2.61. The average Bonchev–Trinajstić information content (AvgIpc) is 3.18. The second-order valence-electron chi connectivity index (χ2n) is 7.52. The number of urea groups is 1. The van der Waals surface area contributed by atoms with Crippen LogP contribution in [0.2, 0.25) is 0 Å². The van der Waals surface area contributed by atoms with Crippen LogP contribution in [-0.4, -0.2) is 40.0 Å². The fourth-order valence-corrected chi connectivity index (χ4v) is 3.93. The van der Waals surface area contributed by atoms with Crippen molar-refractivity contribution in [1.82, 2.24) is 9.80 Å². The van der Waals surface area contributed by atoms with Crippen molar-refractivity contribution in [3.05, 3.63) is 58.3 Å². The predicted molar refractivity (Wildman–Crippen MR) is 110 cm³/mol. The van der Waals surface area contributed by atoms with Gasteiger partial charge in [-0.05, 0) is 29.3 Å². The summed E-state index contributed by atoms with van der Waals surface area (Å²) in [4.78, 5) is 54.7. The molecule has 0 N–H and O–H groups in total. The first kappa shape index (κ1) is 20.9. The molecule has 0 saturated carbocycles. The molecule has 1 fully saturated rings. The summed E-state index contributed by atoms with van der Waals surface area (Å²) < 4.78 is 0. The van der Waals surface area contributed by atoms with Crippen molar-refractivity contribution in [3.8, 4) is 0 Å². The Kier molecular flexibility index (Phi) is 6.59. The summed E-state index contributed by atoms with van der Waals surface area (Å²) in [6, 6.07) is 12.0. The van der Waals surface area contributed by atoms with Crippen LogP contribution >= 0.6 is 11.3 Å². The minimum atomic E-state index is -1.47. The lowest BCUT2D eigenvalue weighted by molar-refractivity contribution is -0.153. The SMILES string of the molecule is CC(C)CCN1C(=O)C(C(=O)Cc2cccs2)C(=O)N(Cc2ccccc2)C1=O. The molecule has 1 atom stereocenters. The Balaban J connectivity index is 1.88. The molecule has 152 valence electrons. The van der Waals surface area contributed by atoms with Crippen molar-refractivity contribution < 1.29 is 19.2 Å². The number of thiophene rings is 1. The van der Waals surface area contributed by atoms with Gasteiger partial charge in [0.25, 0.3) is 11.8 Å². The highest BCUT2D eigenvalue weighted by atomic mass is 32.1. The Morgan fingerprint density at radius 3 is 2.31 bits per heavy atom. The monoisotopic (exact) mass is 412 g/mol. The third-order valence-electron chi connectivity index (χ3n) is 4.85. The van der Waals surface area contributed by atoms with Crippen molar-refractivity contribution in [2.24, 2.45) is 11.8 Å². The van der Waals surface area contributed by atoms with E-state index in [1.807, 2.05) is 43.5 Å². The number of hydrogen-bond acceptors (Lipinski definition) is 5. The number of nitrogens with zero attached hydrogens (tertiary/aromatic N) is 2. The van der Waals surface area contributed by atoms with E-state index in [0.29, 0.717) is 6.42 Å². The van der Waals surface area contributed by atoms with Crippen LogP contribution in [0, 0.1) is 11.8 Å². The summed E-state index contributed by atoms with van der Waals surface area (Å²) in [6.45, 7) is 4.21. The van der Waals surface area contributed by atoms with E-state index in [4.69, 9.17) is 0 Å². The Morgan fingerprint density at radius 1 is 1.00 bits per heavy atom. The number of imide groups is 2. The molecule has 1 aliphatic rings. The van der Waals surface area contributed by atoms with Gasteiger partial charge in [-0.15, -0.1) is 11.3 Å². The van der Waals surface area contributed by atoms with E-state index in [-0.39, 0.29) is 25.4 Å². The Labute approximate surface area is 174 Å². The van der Waals surface area contributed by atoms with Crippen molar-refractivity contribution in [1.29, 1.82) is 0 Å². The summed E-state index contributed by atoms with van der Waals surface area (Å²) in [5, 5.41) is 1.84. The predicted octanol–water partition coefficient (Wildman–Crippen LogP) is 3.51. The zero-order valence-corrected chi connectivity index (χ0v) is 17.4. The Hall–Kier alpha value is -2.80. The average molecular weight is 413 g/mol. The zero-order valence-electron chi connectivity index (χ0n) is 16.5. The van der Waals surface area contributed by atoms with Crippen molar-refractivity contribution in [2.75, 3.05) is 6.54 Å². The summed E-state index contributed by atoms with van der Waals surface area (Å²) in [7, 11) is 0. The van der Waals surface area contributed by atoms with E-state index in [1.165, 1.54) is 11.3 Å². The lowest BCUT2D eigenvalue weighted by Gasteiger charge is -2.36. The van der Waals surface area contributed by atoms with Crippen LogP contribution in [0.25, 0.3) is 0 Å². The Morgan fingerprint density at radius 2 is 1.69 bits per heavy atom. The molecule has 4 amide bonds. The van der Waals surface area contributed by atoms with Crippen LogP contribution < -0.4 is 0 Å². The molecule has 2 aromatic rings. The zero-order chi connectivity index (χ0) is 21.0. The number of benzene rings is 1. The maximum atomic E-state index is 13.0. The molecular weight excluding hydrogens is 388 g/mol. The fraction of sp³-hybridized carbons (Fsp3) is 0.364. The third kappa shape index (κ3) is 4.79. The fourth-order valence-electron chi connectivity index (χ4n) is 3.22. The van der Waals surface area contributed by atoms with Gasteiger partial charge in [0, 0.05) is 17.8 Å². The minimum absolute atomic E-state index is 0.00516. The van der Waals surface area contributed by atoms with E-state index >= 15 is 0 Å². The van der Waals surface area contributed by atoms with Gasteiger partial charge in [0.2, 0.25) is 0 Å². The van der Waals surface area contributed by atoms with Gasteiger partial charge in [-0.3, -0.25) is 24.2 Å². The van der Waals surface area contributed by atoms with Gasteiger partial charge in [0.05, 0.1) is 6.54 Å². The molecule has 1 aromatic heterocycles. The molecular formula is C22H24N2O4S. The summed E-state index contributed by atoms with van der Waals surface area (Å²) in [6.07, 6.45) is 0.613. The molecule has 7 heteroatoms. The number of carbonyl (C=O) groups excluding carboxylic acids is 4. The number of carbonyl (C=O) groups is 4. The molecule has 2 heterocycles. The molecule has 0 aliphatic carbocycles. The number of hydrogen-bond donors (Lipinski definition) is 0. The molecule has 3 rings (SSSR count). The molecule has 1 saturated heterocycles. The molecule has 1 aromatic carbocycles. The van der Waals surface area contributed by atoms with Gasteiger partial charge in [-0.1, -0.05) is 50.2 Å². The molecule has 1 aliphatic heterocycles. The van der Waals surface area contributed by atoms with Crippen LogP contribution in [0.5, 0.6) is 0 Å². The molecule has 0 bridgehead atoms. The van der Waals surface area contributed by atoms with E-state index < -0.39 is 29.5 Å². The first-order valence-corrected chi connectivity index (χ1v) is 10.5. The van der Waals surface area contributed by atoms with E-state index in [9.17, 15) is 19.2 Å². The van der Waals surface area contributed by atoms with Crippen LogP contribution in [0.1, 0.15) is 30.7 Å². The minimum Gasteiger partial charge on any atom is -0.298 e. The standard InChI is InChI=1S/C22H24N2O4S/c1-15(2)10-11-23-20(26)19(18(25)13-17-9-6-12-29-17)21(27)24(22(23)28)14-16-7-4-3-5-8-16/h3-9,12,15,19H,10-11,13-14H2,1-2H3. The lowest BCUT2D eigenvalue weighted by atomic mass is 9.94. The van der Waals surface area contributed by atoms with Gasteiger partial charge in [0.15, 0.2) is 11.7 Å². The van der Waals surface area contributed by atoms with Crippen molar-refractivity contribution in [2.45, 2.75) is 33.2 Å². The first-order valence-electron chi connectivity index (χ1n) is 9.64. The highest BCUT2D eigenvalue weighted by Crippen LogP contribution is 2.24. The topological polar surface area (TPSA) is 74.8 Å². The summed E-state index contributed by atoms with van der Waals surface area (Å²) in [5.74, 6) is -3.10. The quantitative estimate of drug-likeness (QED) is 0.622. The summed E-state index contributed by atoms with van der Waals surface area (Å²) >= 11 is 1.40. The first-order chi connectivity index (χ1) is 13.9. The molecule has 0 spiro atoms. The number of ketones is 1. The highest BCUT2D eigenvalue weighted by Gasteiger charge is 2.48. The number of Topliss-reactive ketones (excluding diaryl/α,β-unsaturated/α-hetero) is 1. The van der Waals surface area contributed by atoms with Crippen molar-refractivity contribution >= 4 is 35.0 Å². The Bertz CT molecular complexity index is 893. The second kappa shape index (κ2) is 9.13. The van der Waals surface area contributed by atoms with Crippen LogP contribution in [0.4, 0.5) is 4.79 Å². The number of rotatable bonds is 8. The molecule has 1 unspecified atom stereocenters.